The lowest BCUT2D eigenvalue weighted by Gasteiger charge is -2.26. The average Bonchev–Trinajstić information content (AvgIpc) is 2.55. The molecule has 2 atom stereocenters. The second-order valence-corrected chi connectivity index (χ2v) is 11.9. The minimum Gasteiger partial charge on any atom is -0.462 e. The Morgan fingerprint density at radius 2 is 1.84 bits per heavy atom. The predicted molar refractivity (Wildman–Crippen MR) is 105 cm³/mol. The van der Waals surface area contributed by atoms with Gasteiger partial charge in [-0.25, -0.2) is 10.1 Å². The third-order valence-electron chi connectivity index (χ3n) is 2.88. The Labute approximate surface area is 157 Å². The number of esters is 1. The van der Waals surface area contributed by atoms with Crippen LogP contribution >= 0.6 is 17.0 Å². The van der Waals surface area contributed by atoms with E-state index in [-0.39, 0.29) is 12.1 Å². The molecule has 1 aromatic heterocycles. The average molecular weight is 396 g/mol. The molecule has 0 fully saturated rings. The van der Waals surface area contributed by atoms with Crippen LogP contribution < -0.4 is 9.61 Å². The first-order valence-corrected chi connectivity index (χ1v) is 12.0. The zero-order valence-electron chi connectivity index (χ0n) is 14.3. The number of pyridine rings is 1. The van der Waals surface area contributed by atoms with Crippen LogP contribution in [0.1, 0.15) is 20.8 Å². The third kappa shape index (κ3) is 6.78. The minimum atomic E-state index is -2.68. The second-order valence-electron chi connectivity index (χ2n) is 5.50. The number of carbonyl (C=O) groups is 1. The van der Waals surface area contributed by atoms with Gasteiger partial charge in [0.2, 0.25) is 5.62 Å². The molecule has 5 nitrogen and oxygen atoms in total. The first-order chi connectivity index (χ1) is 11.9. The first-order valence-electron chi connectivity index (χ1n) is 7.81. The molecule has 8 heteroatoms. The van der Waals surface area contributed by atoms with Gasteiger partial charge in [0.05, 0.1) is 6.10 Å². The van der Waals surface area contributed by atoms with E-state index in [4.69, 9.17) is 21.1 Å². The molecule has 1 aromatic carbocycles. The van der Waals surface area contributed by atoms with Crippen LogP contribution in [0.2, 0.25) is 0 Å². The Kier molecular flexibility index (Phi) is 7.44. The molecular weight excluding hydrogens is 375 g/mol. The zero-order valence-corrected chi connectivity index (χ0v) is 16.8. The minimum absolute atomic E-state index is 0.187. The molecule has 1 N–H and O–H groups in total. The third-order valence-corrected chi connectivity index (χ3v) is 7.73. The molecule has 25 heavy (non-hydrogen) atoms. The van der Waals surface area contributed by atoms with Gasteiger partial charge in [0.25, 0.3) is 0 Å². The number of hydrogen-bond acceptors (Lipinski definition) is 6. The molecule has 134 valence electrons. The standard InChI is InChI=1S/C17H21N2O3PS2/c1-13(2)21-17(20)14(3)19-23(24,22-15-9-5-4-6-10-15)25-16-11-7-8-12-18-16/h4-14H,1-3H3,(H,19,24). The van der Waals surface area contributed by atoms with Crippen molar-refractivity contribution in [2.45, 2.75) is 37.9 Å². The van der Waals surface area contributed by atoms with E-state index in [1.165, 1.54) is 11.4 Å². The van der Waals surface area contributed by atoms with Gasteiger partial charge in [-0.1, -0.05) is 24.3 Å². The summed E-state index contributed by atoms with van der Waals surface area (Å²) in [6.07, 6.45) is 1.51. The normalized spacial score (nSPS) is 14.6. The van der Waals surface area contributed by atoms with E-state index in [0.717, 1.165) is 5.03 Å². The molecule has 2 aromatic rings. The highest BCUT2D eigenvalue weighted by Crippen LogP contribution is 2.59. The van der Waals surface area contributed by atoms with E-state index in [1.807, 2.05) is 62.4 Å². The number of carbonyl (C=O) groups excluding carboxylic acids is 1. The van der Waals surface area contributed by atoms with Gasteiger partial charge in [0.1, 0.15) is 16.8 Å². The summed E-state index contributed by atoms with van der Waals surface area (Å²) in [5.74, 6) is 0.286. The number of nitrogens with zero attached hydrogens (tertiary/aromatic N) is 1. The SMILES string of the molecule is CC(C)OC(=O)C(C)NP(=S)(Oc1ccccc1)Sc1ccccn1. The van der Waals surface area contributed by atoms with Crippen molar-refractivity contribution in [2.24, 2.45) is 0 Å². The molecule has 0 saturated heterocycles. The van der Waals surface area contributed by atoms with Gasteiger partial charge in [-0.3, -0.25) is 4.79 Å². The van der Waals surface area contributed by atoms with Gasteiger partial charge in [0, 0.05) is 6.20 Å². The molecule has 2 rings (SSSR count). The number of benzene rings is 1. The topological polar surface area (TPSA) is 60.5 Å². The van der Waals surface area contributed by atoms with Crippen molar-refractivity contribution in [2.75, 3.05) is 0 Å². The summed E-state index contributed by atoms with van der Waals surface area (Å²) in [7, 11) is 0. The van der Waals surface area contributed by atoms with Gasteiger partial charge in [-0.15, -0.1) is 0 Å². The lowest BCUT2D eigenvalue weighted by atomic mass is 10.3. The summed E-state index contributed by atoms with van der Waals surface area (Å²) in [5, 5.41) is 3.88. The molecule has 0 spiro atoms. The van der Waals surface area contributed by atoms with Crippen molar-refractivity contribution in [1.29, 1.82) is 0 Å². The summed E-state index contributed by atoms with van der Waals surface area (Å²) in [5.41, 5.74) is -2.68. The highest BCUT2D eigenvalue weighted by atomic mass is 32.9. The van der Waals surface area contributed by atoms with Crippen LogP contribution in [0.15, 0.2) is 59.8 Å². The Morgan fingerprint density at radius 1 is 1.16 bits per heavy atom. The molecule has 0 amide bonds. The second kappa shape index (κ2) is 9.34. The number of para-hydroxylation sites is 1. The Balaban J connectivity index is 2.19. The number of hydrogen-bond donors (Lipinski definition) is 1. The van der Waals surface area contributed by atoms with Crippen molar-refractivity contribution < 1.29 is 14.1 Å². The van der Waals surface area contributed by atoms with Gasteiger partial charge >= 0.3 is 5.97 Å². The maximum Gasteiger partial charge on any atom is 0.323 e. The van der Waals surface area contributed by atoms with Gasteiger partial charge in [0.15, 0.2) is 0 Å². The Bertz CT molecular complexity index is 684. The molecule has 0 aliphatic heterocycles. The molecule has 2 unspecified atom stereocenters. The monoisotopic (exact) mass is 396 g/mol. The molecule has 0 saturated carbocycles. The molecular formula is C17H21N2O3PS2. The van der Waals surface area contributed by atoms with Gasteiger partial charge in [-0.2, -0.15) is 0 Å². The molecule has 1 heterocycles. The van der Waals surface area contributed by atoms with E-state index >= 15 is 0 Å². The summed E-state index contributed by atoms with van der Waals surface area (Å²) < 4.78 is 11.3. The maximum atomic E-state index is 12.1. The Morgan fingerprint density at radius 3 is 2.44 bits per heavy atom. The first kappa shape index (κ1) is 19.9. The molecule has 0 aliphatic rings. The van der Waals surface area contributed by atoms with Crippen molar-refractivity contribution in [3.05, 3.63) is 54.7 Å². The molecule has 0 radical (unpaired) electrons. The van der Waals surface area contributed by atoms with Crippen LogP contribution in [0, 0.1) is 0 Å². The quantitative estimate of drug-likeness (QED) is 0.524. The van der Waals surface area contributed by atoms with Gasteiger partial charge in [-0.05, 0) is 68.2 Å². The summed E-state index contributed by atoms with van der Waals surface area (Å²) in [6, 6.07) is 14.3. The number of ether oxygens (including phenoxy) is 1. The van der Waals surface area contributed by atoms with Crippen LogP contribution in [0.3, 0.4) is 0 Å². The van der Waals surface area contributed by atoms with E-state index < -0.39 is 11.7 Å². The van der Waals surface area contributed by atoms with E-state index in [9.17, 15) is 4.79 Å². The van der Waals surface area contributed by atoms with Gasteiger partial charge < -0.3 is 9.26 Å². The van der Waals surface area contributed by atoms with Crippen molar-refractivity contribution in [3.8, 4) is 5.75 Å². The van der Waals surface area contributed by atoms with Crippen LogP contribution in [-0.2, 0) is 21.3 Å². The van der Waals surface area contributed by atoms with Crippen molar-refractivity contribution in [3.63, 3.8) is 0 Å². The largest absolute Gasteiger partial charge is 0.462 e. The zero-order chi connectivity index (χ0) is 18.3. The fourth-order valence-corrected chi connectivity index (χ4v) is 6.94. The summed E-state index contributed by atoms with van der Waals surface area (Å²) in [6.45, 7) is 5.34. The van der Waals surface area contributed by atoms with Crippen molar-refractivity contribution >= 4 is 34.8 Å². The number of aromatic nitrogens is 1. The summed E-state index contributed by atoms with van der Waals surface area (Å²) >= 11 is 7.09. The van der Waals surface area contributed by atoms with Crippen LogP contribution in [0.5, 0.6) is 5.75 Å². The Hall–Kier alpha value is -1.40. The fourth-order valence-electron chi connectivity index (χ4n) is 1.84. The number of rotatable bonds is 8. The highest BCUT2D eigenvalue weighted by Gasteiger charge is 2.28. The van der Waals surface area contributed by atoms with E-state index in [0.29, 0.717) is 5.75 Å². The van der Waals surface area contributed by atoms with E-state index in [2.05, 4.69) is 10.1 Å². The lowest BCUT2D eigenvalue weighted by molar-refractivity contribution is -0.148. The van der Waals surface area contributed by atoms with Crippen molar-refractivity contribution in [1.82, 2.24) is 10.1 Å². The van der Waals surface area contributed by atoms with E-state index in [1.54, 1.807) is 13.1 Å². The maximum absolute atomic E-state index is 12.1. The number of nitrogens with one attached hydrogen (secondary N) is 1. The predicted octanol–water partition coefficient (Wildman–Crippen LogP) is 4.41. The fraction of sp³-hybridized carbons (Fsp3) is 0.294. The summed E-state index contributed by atoms with van der Waals surface area (Å²) in [4.78, 5) is 16.4. The highest BCUT2D eigenvalue weighted by molar-refractivity contribution is 8.68. The van der Waals surface area contributed by atoms with Crippen LogP contribution in [0.4, 0.5) is 0 Å². The molecule has 0 bridgehead atoms. The lowest BCUT2D eigenvalue weighted by Crippen LogP contribution is -2.35. The smallest absolute Gasteiger partial charge is 0.323 e. The van der Waals surface area contributed by atoms with Crippen LogP contribution in [-0.4, -0.2) is 23.1 Å². The molecule has 0 aliphatic carbocycles. The van der Waals surface area contributed by atoms with Crippen LogP contribution in [0.25, 0.3) is 0 Å².